The Morgan fingerprint density at radius 1 is 0.969 bits per heavy atom. The highest BCUT2D eigenvalue weighted by molar-refractivity contribution is 7.90. The molecule has 0 heterocycles. The number of carbonyl (C=O) groups is 1. The van der Waals surface area contributed by atoms with Crippen LogP contribution in [0.25, 0.3) is 0 Å². The fourth-order valence-corrected chi connectivity index (χ4v) is 5.24. The molecule has 2 rings (SSSR count). The number of rotatable bonds is 12. The molecule has 0 fully saturated rings. The Morgan fingerprint density at radius 3 is 2.12 bits per heavy atom. The first-order valence-electron chi connectivity index (χ1n) is 10.6. The third kappa shape index (κ3) is 7.74. The van der Waals surface area contributed by atoms with Crippen molar-refractivity contribution in [3.05, 3.63) is 54.1 Å². The van der Waals surface area contributed by atoms with Gasteiger partial charge in [-0.25, -0.2) is 17.9 Å². The second kappa shape index (κ2) is 12.2. The van der Waals surface area contributed by atoms with Crippen LogP contribution in [0, 0.1) is 6.92 Å². The molecule has 0 aromatic heterocycles. The first kappa shape index (κ1) is 26.1. The molecule has 0 saturated heterocycles. The molecule has 0 bridgehead atoms. The van der Waals surface area contributed by atoms with Crippen molar-refractivity contribution in [2.45, 2.75) is 51.3 Å². The molecule has 2 amide bonds. The van der Waals surface area contributed by atoms with E-state index in [0.717, 1.165) is 31.2 Å². The number of hydrogen-bond donors (Lipinski definition) is 2. The molecule has 32 heavy (non-hydrogen) atoms. The summed E-state index contributed by atoms with van der Waals surface area (Å²) in [6, 6.07) is 11.4. The van der Waals surface area contributed by atoms with Gasteiger partial charge in [-0.05, 0) is 50.1 Å². The molecule has 0 aliphatic rings. The number of unbranched alkanes of at least 4 members (excludes halogenated alkanes) is 2. The SMILES string of the molecule is CCCCOP(=O)(OCCCC)c1cccc(NC(=O)NS(=O)(=O)c2ccc(C)cc2)c1. The Balaban J connectivity index is 2.14. The molecule has 176 valence electrons. The summed E-state index contributed by atoms with van der Waals surface area (Å²) < 4.78 is 51.4. The van der Waals surface area contributed by atoms with Crippen LogP contribution in [-0.4, -0.2) is 27.7 Å². The van der Waals surface area contributed by atoms with Crippen LogP contribution in [0.15, 0.2) is 53.4 Å². The fourth-order valence-electron chi connectivity index (χ4n) is 2.65. The highest BCUT2D eigenvalue weighted by Crippen LogP contribution is 2.47. The van der Waals surface area contributed by atoms with Crippen molar-refractivity contribution in [2.75, 3.05) is 18.5 Å². The molecule has 2 aromatic carbocycles. The maximum absolute atomic E-state index is 13.4. The molecule has 0 atom stereocenters. The average Bonchev–Trinajstić information content (AvgIpc) is 2.74. The summed E-state index contributed by atoms with van der Waals surface area (Å²) in [5.41, 5.74) is 1.16. The quantitative estimate of drug-likeness (QED) is 0.327. The molecule has 0 spiro atoms. The van der Waals surface area contributed by atoms with E-state index in [-0.39, 0.29) is 23.8 Å². The van der Waals surface area contributed by atoms with Gasteiger partial charge in [0.2, 0.25) is 0 Å². The zero-order valence-electron chi connectivity index (χ0n) is 18.7. The van der Waals surface area contributed by atoms with Crippen molar-refractivity contribution >= 4 is 34.6 Å². The number of hydrogen-bond acceptors (Lipinski definition) is 6. The summed E-state index contributed by atoms with van der Waals surface area (Å²) in [6.45, 7) is 6.40. The predicted octanol–water partition coefficient (Wildman–Crippen LogP) is 4.96. The van der Waals surface area contributed by atoms with Crippen molar-refractivity contribution in [3.63, 3.8) is 0 Å². The summed E-state index contributed by atoms with van der Waals surface area (Å²) in [4.78, 5) is 12.3. The molecule has 2 N–H and O–H groups in total. The van der Waals surface area contributed by atoms with Gasteiger partial charge in [0.25, 0.3) is 10.0 Å². The minimum Gasteiger partial charge on any atom is -0.307 e. The van der Waals surface area contributed by atoms with Crippen molar-refractivity contribution in [3.8, 4) is 0 Å². The third-order valence-corrected chi connectivity index (χ3v) is 7.80. The van der Waals surface area contributed by atoms with Crippen LogP contribution in [-0.2, 0) is 23.6 Å². The maximum Gasteiger partial charge on any atom is 0.361 e. The summed E-state index contributed by atoms with van der Waals surface area (Å²) in [7, 11) is -7.62. The molecule has 0 aliphatic carbocycles. The Kier molecular flexibility index (Phi) is 9.90. The monoisotopic (exact) mass is 482 g/mol. The normalized spacial score (nSPS) is 11.8. The zero-order valence-corrected chi connectivity index (χ0v) is 20.4. The molecular formula is C22H31N2O6PS. The van der Waals surface area contributed by atoms with E-state index in [1.807, 2.05) is 25.5 Å². The standard InChI is InChI=1S/C22H31N2O6PS/c1-4-6-15-29-31(26,30-16-7-5-2)20-10-8-9-19(17-20)23-22(25)24-32(27,28)21-13-11-18(3)12-14-21/h8-14,17H,4-7,15-16H2,1-3H3,(H2,23,24,25). The number of carbonyl (C=O) groups excluding carboxylic acids is 1. The van der Waals surface area contributed by atoms with Crippen molar-refractivity contribution in [1.29, 1.82) is 0 Å². The van der Waals surface area contributed by atoms with Gasteiger partial charge in [-0.3, -0.25) is 4.57 Å². The first-order chi connectivity index (χ1) is 15.2. The van der Waals surface area contributed by atoms with Crippen LogP contribution in [0.5, 0.6) is 0 Å². The summed E-state index contributed by atoms with van der Waals surface area (Å²) in [6.07, 6.45) is 3.23. The summed E-state index contributed by atoms with van der Waals surface area (Å²) in [5.74, 6) is 0. The van der Waals surface area contributed by atoms with E-state index in [1.165, 1.54) is 18.2 Å². The van der Waals surface area contributed by atoms with Crippen molar-refractivity contribution < 1.29 is 26.8 Å². The lowest BCUT2D eigenvalue weighted by molar-refractivity contribution is 0.208. The lowest BCUT2D eigenvalue weighted by Gasteiger charge is -2.19. The molecule has 0 unspecified atom stereocenters. The Hall–Kier alpha value is -2.19. The fraction of sp³-hybridized carbons (Fsp3) is 0.409. The van der Waals surface area contributed by atoms with Gasteiger partial charge in [-0.15, -0.1) is 0 Å². The van der Waals surface area contributed by atoms with E-state index in [0.29, 0.717) is 5.30 Å². The average molecular weight is 483 g/mol. The van der Waals surface area contributed by atoms with Gasteiger partial charge in [0.1, 0.15) is 0 Å². The maximum atomic E-state index is 13.4. The van der Waals surface area contributed by atoms with Gasteiger partial charge < -0.3 is 14.4 Å². The van der Waals surface area contributed by atoms with Crippen LogP contribution >= 0.6 is 7.60 Å². The van der Waals surface area contributed by atoms with E-state index >= 15 is 0 Å². The first-order valence-corrected chi connectivity index (χ1v) is 13.6. The predicted molar refractivity (Wildman–Crippen MR) is 126 cm³/mol. The number of aryl methyl sites for hydroxylation is 1. The number of anilines is 1. The van der Waals surface area contributed by atoms with Crippen molar-refractivity contribution in [2.24, 2.45) is 0 Å². The number of amides is 2. The molecule has 0 saturated carbocycles. The van der Waals surface area contributed by atoms with E-state index in [2.05, 4.69) is 5.32 Å². The lowest BCUT2D eigenvalue weighted by atomic mass is 10.2. The molecule has 10 heteroatoms. The highest BCUT2D eigenvalue weighted by atomic mass is 32.2. The van der Waals surface area contributed by atoms with E-state index < -0.39 is 23.7 Å². The molecule has 2 aromatic rings. The van der Waals surface area contributed by atoms with Gasteiger partial charge in [-0.2, -0.15) is 0 Å². The number of sulfonamides is 1. The second-order valence-corrected chi connectivity index (χ2v) is 11.0. The van der Waals surface area contributed by atoms with Crippen LogP contribution in [0.4, 0.5) is 10.5 Å². The molecule has 0 radical (unpaired) electrons. The molecule has 0 aliphatic heterocycles. The second-order valence-electron chi connectivity index (χ2n) is 7.29. The smallest absolute Gasteiger partial charge is 0.307 e. The zero-order chi connectivity index (χ0) is 23.6. The Morgan fingerprint density at radius 2 is 1.56 bits per heavy atom. The number of benzene rings is 2. The van der Waals surface area contributed by atoms with Crippen LogP contribution in [0.3, 0.4) is 0 Å². The van der Waals surface area contributed by atoms with Gasteiger partial charge in [0.05, 0.1) is 23.4 Å². The van der Waals surface area contributed by atoms with Crippen LogP contribution < -0.4 is 15.3 Å². The van der Waals surface area contributed by atoms with Crippen LogP contribution in [0.2, 0.25) is 0 Å². The number of nitrogens with one attached hydrogen (secondary N) is 2. The largest absolute Gasteiger partial charge is 0.361 e. The molecular weight excluding hydrogens is 451 g/mol. The summed E-state index contributed by atoms with van der Waals surface area (Å²) >= 11 is 0. The van der Waals surface area contributed by atoms with E-state index in [9.17, 15) is 17.8 Å². The number of urea groups is 1. The van der Waals surface area contributed by atoms with E-state index in [4.69, 9.17) is 9.05 Å². The van der Waals surface area contributed by atoms with Gasteiger partial charge in [-0.1, -0.05) is 50.5 Å². The molecule has 8 nitrogen and oxygen atoms in total. The van der Waals surface area contributed by atoms with Gasteiger partial charge in [0.15, 0.2) is 0 Å². The topological polar surface area (TPSA) is 111 Å². The van der Waals surface area contributed by atoms with Crippen LogP contribution in [0.1, 0.15) is 45.1 Å². The van der Waals surface area contributed by atoms with Crippen molar-refractivity contribution in [1.82, 2.24) is 4.72 Å². The summed E-state index contributed by atoms with van der Waals surface area (Å²) in [5, 5.41) is 2.76. The van der Waals surface area contributed by atoms with E-state index in [1.54, 1.807) is 30.3 Å². The minimum absolute atomic E-state index is 0.0230. The van der Waals surface area contributed by atoms with Gasteiger partial charge >= 0.3 is 13.6 Å². The third-order valence-electron chi connectivity index (χ3n) is 4.50. The minimum atomic E-state index is -4.03. The Labute approximate surface area is 190 Å². The highest BCUT2D eigenvalue weighted by Gasteiger charge is 2.28. The lowest BCUT2D eigenvalue weighted by Crippen LogP contribution is -2.34. The Bertz CT molecular complexity index is 1030. The van der Waals surface area contributed by atoms with Gasteiger partial charge in [0, 0.05) is 5.69 Å².